The first-order chi connectivity index (χ1) is 7.54. The first kappa shape index (κ1) is 12.9. The van der Waals surface area contributed by atoms with Crippen molar-refractivity contribution in [2.45, 2.75) is 26.1 Å². The summed E-state index contributed by atoms with van der Waals surface area (Å²) in [5.41, 5.74) is 0.532. The van der Waals surface area contributed by atoms with E-state index in [0.717, 1.165) is 0 Å². The number of benzene rings is 1. The molecule has 0 saturated carbocycles. The van der Waals surface area contributed by atoms with Crippen LogP contribution in [0.25, 0.3) is 0 Å². The highest BCUT2D eigenvalue weighted by molar-refractivity contribution is 5.30. The Morgan fingerprint density at radius 2 is 2.06 bits per heavy atom. The highest BCUT2D eigenvalue weighted by Crippen LogP contribution is 2.22. The van der Waals surface area contributed by atoms with Gasteiger partial charge in [0.2, 0.25) is 0 Å². The van der Waals surface area contributed by atoms with Crippen molar-refractivity contribution in [3.8, 4) is 5.75 Å². The molecule has 0 radical (unpaired) electrons. The third-order valence-corrected chi connectivity index (χ3v) is 2.31. The van der Waals surface area contributed by atoms with Crippen LogP contribution >= 0.6 is 0 Å². The Hall–Kier alpha value is -1.13. The van der Waals surface area contributed by atoms with Gasteiger partial charge in [-0.1, -0.05) is 6.07 Å². The molecule has 0 heterocycles. The van der Waals surface area contributed by atoms with Crippen molar-refractivity contribution in [1.29, 1.82) is 0 Å². The maximum Gasteiger partial charge on any atom is 0.165 e. The number of rotatable bonds is 5. The van der Waals surface area contributed by atoms with Gasteiger partial charge in [-0.05, 0) is 31.5 Å². The van der Waals surface area contributed by atoms with Crippen LogP contribution in [0, 0.1) is 5.82 Å². The zero-order chi connectivity index (χ0) is 12.1. The number of aliphatic hydroxyl groups is 1. The van der Waals surface area contributed by atoms with E-state index >= 15 is 0 Å². The second kappa shape index (κ2) is 5.82. The Morgan fingerprint density at radius 1 is 1.38 bits per heavy atom. The number of hydrogen-bond acceptors (Lipinski definition) is 3. The number of halogens is 1. The summed E-state index contributed by atoms with van der Waals surface area (Å²) in [6.07, 6.45) is -0.766. The molecule has 1 rings (SSSR count). The molecule has 4 heteroatoms. The van der Waals surface area contributed by atoms with E-state index in [1.807, 2.05) is 6.92 Å². The lowest BCUT2D eigenvalue weighted by molar-refractivity contribution is 0.0701. The molecule has 1 unspecified atom stereocenters. The van der Waals surface area contributed by atoms with Gasteiger partial charge in [0.1, 0.15) is 6.61 Å². The van der Waals surface area contributed by atoms with E-state index in [0.29, 0.717) is 12.2 Å². The van der Waals surface area contributed by atoms with Gasteiger partial charge in [0.15, 0.2) is 11.6 Å². The van der Waals surface area contributed by atoms with Crippen LogP contribution in [0.2, 0.25) is 0 Å². The topological polar surface area (TPSA) is 38.7 Å². The third-order valence-electron chi connectivity index (χ3n) is 2.31. The fourth-order valence-corrected chi connectivity index (χ4v) is 1.17. The average Bonchev–Trinajstić information content (AvgIpc) is 2.26. The van der Waals surface area contributed by atoms with Crippen LogP contribution in [0.1, 0.15) is 25.5 Å². The average molecular weight is 228 g/mol. The molecule has 0 aromatic heterocycles. The Labute approximate surface area is 94.8 Å². The molecule has 2 atom stereocenters. The van der Waals surface area contributed by atoms with Gasteiger partial charge in [0.25, 0.3) is 0 Å². The Balaban J connectivity index is 2.68. The van der Waals surface area contributed by atoms with Crippen LogP contribution in [0.15, 0.2) is 18.2 Å². The minimum Gasteiger partial charge on any atom is -0.488 e. The quantitative estimate of drug-likeness (QED) is 0.840. The monoisotopic (exact) mass is 228 g/mol. The second-order valence-corrected chi connectivity index (χ2v) is 3.72. The lowest BCUT2D eigenvalue weighted by Crippen LogP contribution is -2.16. The van der Waals surface area contributed by atoms with E-state index in [9.17, 15) is 9.50 Å². The fraction of sp³-hybridized carbons (Fsp3) is 0.500. The Morgan fingerprint density at radius 3 is 2.56 bits per heavy atom. The van der Waals surface area contributed by atoms with Gasteiger partial charge in [-0.15, -0.1) is 0 Å². The molecule has 0 aliphatic rings. The second-order valence-electron chi connectivity index (χ2n) is 3.72. The summed E-state index contributed by atoms with van der Waals surface area (Å²) in [5.74, 6) is -0.296. The predicted octanol–water partition coefficient (Wildman–Crippen LogP) is 2.29. The molecule has 0 bridgehead atoms. The molecule has 16 heavy (non-hydrogen) atoms. The smallest absolute Gasteiger partial charge is 0.165 e. The highest BCUT2D eigenvalue weighted by Gasteiger charge is 2.09. The zero-order valence-electron chi connectivity index (χ0n) is 9.74. The molecule has 0 amide bonds. The summed E-state index contributed by atoms with van der Waals surface area (Å²) in [7, 11) is 1.57. The third kappa shape index (κ3) is 3.47. The van der Waals surface area contributed by atoms with Gasteiger partial charge >= 0.3 is 0 Å². The van der Waals surface area contributed by atoms with Crippen LogP contribution < -0.4 is 4.74 Å². The van der Waals surface area contributed by atoms with Crippen LogP contribution in [0.3, 0.4) is 0 Å². The van der Waals surface area contributed by atoms with Crippen molar-refractivity contribution in [1.82, 2.24) is 0 Å². The maximum atomic E-state index is 13.5. The van der Waals surface area contributed by atoms with E-state index in [2.05, 4.69) is 0 Å². The van der Waals surface area contributed by atoms with Crippen molar-refractivity contribution >= 4 is 0 Å². The summed E-state index contributed by atoms with van der Waals surface area (Å²) < 4.78 is 23.7. The van der Waals surface area contributed by atoms with E-state index in [1.54, 1.807) is 20.1 Å². The van der Waals surface area contributed by atoms with Crippen LogP contribution in [0.5, 0.6) is 5.75 Å². The summed E-state index contributed by atoms with van der Waals surface area (Å²) in [6, 6.07) is 4.43. The largest absolute Gasteiger partial charge is 0.488 e. The molecule has 0 aliphatic heterocycles. The van der Waals surface area contributed by atoms with Crippen molar-refractivity contribution in [3.05, 3.63) is 29.6 Å². The Kier molecular flexibility index (Phi) is 4.71. The number of methoxy groups -OCH3 is 1. The van der Waals surface area contributed by atoms with Gasteiger partial charge in [0.05, 0.1) is 12.2 Å². The molecular formula is C12H17FO3. The van der Waals surface area contributed by atoms with Crippen molar-refractivity contribution in [2.24, 2.45) is 0 Å². The van der Waals surface area contributed by atoms with E-state index in [1.165, 1.54) is 12.1 Å². The first-order valence-electron chi connectivity index (χ1n) is 5.17. The summed E-state index contributed by atoms with van der Waals surface area (Å²) >= 11 is 0. The molecule has 1 aromatic carbocycles. The summed E-state index contributed by atoms with van der Waals surface area (Å²) in [5, 5.41) is 9.27. The molecule has 1 N–H and O–H groups in total. The van der Waals surface area contributed by atoms with Gasteiger partial charge in [-0.2, -0.15) is 0 Å². The predicted molar refractivity (Wildman–Crippen MR) is 59.0 cm³/mol. The van der Waals surface area contributed by atoms with Gasteiger partial charge in [-0.3, -0.25) is 0 Å². The van der Waals surface area contributed by atoms with Gasteiger partial charge in [0, 0.05) is 7.11 Å². The van der Waals surface area contributed by atoms with Crippen molar-refractivity contribution < 1.29 is 19.0 Å². The van der Waals surface area contributed by atoms with E-state index in [-0.39, 0.29) is 11.9 Å². The van der Waals surface area contributed by atoms with Gasteiger partial charge in [-0.25, -0.2) is 4.39 Å². The molecule has 1 aromatic rings. The summed E-state index contributed by atoms with van der Waals surface area (Å²) in [6.45, 7) is 3.71. The Bertz CT molecular complexity index is 339. The minimum atomic E-state index is -0.679. The van der Waals surface area contributed by atoms with Crippen molar-refractivity contribution in [3.63, 3.8) is 0 Å². The number of ether oxygens (including phenoxy) is 2. The lowest BCUT2D eigenvalue weighted by atomic mass is 10.1. The van der Waals surface area contributed by atoms with E-state index < -0.39 is 11.9 Å². The van der Waals surface area contributed by atoms with Crippen molar-refractivity contribution in [2.75, 3.05) is 13.7 Å². The zero-order valence-corrected chi connectivity index (χ0v) is 9.74. The fourth-order valence-electron chi connectivity index (χ4n) is 1.17. The highest BCUT2D eigenvalue weighted by atomic mass is 19.1. The molecule has 0 saturated heterocycles. The molecule has 0 fully saturated rings. The molecule has 0 aliphatic carbocycles. The maximum absolute atomic E-state index is 13.5. The summed E-state index contributed by atoms with van der Waals surface area (Å²) in [4.78, 5) is 0. The first-order valence-corrected chi connectivity index (χ1v) is 5.17. The molecule has 3 nitrogen and oxygen atoms in total. The normalized spacial score (nSPS) is 14.6. The van der Waals surface area contributed by atoms with Crippen LogP contribution in [0.4, 0.5) is 4.39 Å². The minimum absolute atomic E-state index is 0.0872. The molecule has 0 spiro atoms. The van der Waals surface area contributed by atoms with Crippen LogP contribution in [-0.4, -0.2) is 24.9 Å². The number of aliphatic hydroxyl groups excluding tert-OH is 1. The number of hydrogen-bond donors (Lipinski definition) is 1. The van der Waals surface area contributed by atoms with Gasteiger partial charge < -0.3 is 14.6 Å². The van der Waals surface area contributed by atoms with Crippen LogP contribution in [-0.2, 0) is 4.74 Å². The standard InChI is InChI=1S/C12H17FO3/c1-8(15-3)7-16-12-5-4-10(9(2)14)6-11(12)13/h4-6,8-9,14H,7H2,1-3H3/t8?,9-/m1/s1. The molecule has 90 valence electrons. The van der Waals surface area contributed by atoms with E-state index in [4.69, 9.17) is 9.47 Å². The molecular weight excluding hydrogens is 211 g/mol. The lowest BCUT2D eigenvalue weighted by Gasteiger charge is -2.13. The SMILES string of the molecule is COC(C)COc1ccc([C@@H](C)O)cc1F.